The fourth-order valence-corrected chi connectivity index (χ4v) is 11.2. The summed E-state index contributed by atoms with van der Waals surface area (Å²) in [6.07, 6.45) is 8.94. The molecule has 5 aliphatic rings. The van der Waals surface area contributed by atoms with Crippen LogP contribution in [0, 0.1) is 63.2 Å². The van der Waals surface area contributed by atoms with Crippen molar-refractivity contribution in [2.45, 2.75) is 123 Å². The van der Waals surface area contributed by atoms with Crippen LogP contribution in [0.5, 0.6) is 0 Å². The van der Waals surface area contributed by atoms with Crippen molar-refractivity contribution in [2.75, 3.05) is 5.75 Å². The Kier molecular flexibility index (Phi) is 7.52. The molecule has 1 saturated heterocycles. The third-order valence-corrected chi connectivity index (χ3v) is 13.8. The number of aliphatic hydroxyl groups excluding tert-OH is 1. The summed E-state index contributed by atoms with van der Waals surface area (Å²) in [6, 6.07) is 0. The molecule has 42 heavy (non-hydrogen) atoms. The largest absolute Gasteiger partial charge is 0.393 e. The highest BCUT2D eigenvalue weighted by atomic mass is 32.2. The number of thioether (sulfide) groups is 1. The molecule has 1 heterocycles. The summed E-state index contributed by atoms with van der Waals surface area (Å²) in [7, 11) is 0. The molecule has 1 N–H and O–H groups in total. The number of ether oxygens (including phenoxy) is 2. The predicted molar refractivity (Wildman–Crippen MR) is 167 cm³/mol. The van der Waals surface area contributed by atoms with Crippen LogP contribution >= 0.6 is 11.8 Å². The standard InChI is InChI=1S/C36H48O5S/c1-9-10-31-40-30-16-27-26-12-11-24-15-25(37)13-14-34(24,7)32(26)28(38)17-35(27,8)36(30,41-31)29(39)18-42-33-22(5)20(3)19(2)21(4)23(33)6/h13-15,26-28,30-32,38H,9-12,16-18H2,1-8H3/t26?,27?,28-,30+,31?,32?,34?,35?,36-/m0/s1. The highest BCUT2D eigenvalue weighted by Gasteiger charge is 2.75. The molecule has 228 valence electrons. The SMILES string of the molecule is CCCC1O[C@@H]2CC3C4CCC5=CC(=O)C=CC5(C)C4[C@@H](O)CC3(C)[C@@]2(C(=O)CSc2c(C)c(C)c(C)c(C)c2C)O1. The number of hydrogen-bond acceptors (Lipinski definition) is 6. The average Bonchev–Trinajstić information content (AvgIpc) is 3.43. The minimum Gasteiger partial charge on any atom is -0.393 e. The molecular formula is C36H48O5S. The van der Waals surface area contributed by atoms with Gasteiger partial charge in [-0.3, -0.25) is 9.59 Å². The summed E-state index contributed by atoms with van der Waals surface area (Å²) >= 11 is 1.64. The Morgan fingerprint density at radius 2 is 1.74 bits per heavy atom. The van der Waals surface area contributed by atoms with Crippen LogP contribution in [0.4, 0.5) is 0 Å². The number of hydrogen-bond donors (Lipinski definition) is 1. The zero-order valence-corrected chi connectivity index (χ0v) is 27.5. The summed E-state index contributed by atoms with van der Waals surface area (Å²) in [6.45, 7) is 17.4. The van der Waals surface area contributed by atoms with Crippen molar-refractivity contribution in [3.05, 3.63) is 51.6 Å². The summed E-state index contributed by atoms with van der Waals surface area (Å²) < 4.78 is 13.5. The van der Waals surface area contributed by atoms with E-state index < -0.39 is 17.1 Å². The first kappa shape index (κ1) is 30.3. The highest BCUT2D eigenvalue weighted by molar-refractivity contribution is 8.00. The van der Waals surface area contributed by atoms with E-state index in [9.17, 15) is 14.7 Å². The molecule has 4 fully saturated rings. The van der Waals surface area contributed by atoms with Gasteiger partial charge in [0.1, 0.15) is 0 Å². The topological polar surface area (TPSA) is 72.8 Å². The molecule has 6 heteroatoms. The molecule has 6 unspecified atom stereocenters. The van der Waals surface area contributed by atoms with Crippen LogP contribution in [-0.4, -0.2) is 46.5 Å². The lowest BCUT2D eigenvalue weighted by atomic mass is 9.46. The number of carbonyl (C=O) groups is 2. The maximum Gasteiger partial charge on any atom is 0.178 e. The molecule has 0 amide bonds. The van der Waals surface area contributed by atoms with E-state index in [4.69, 9.17) is 9.47 Å². The number of allylic oxidation sites excluding steroid dienone is 4. The Hall–Kier alpha value is -1.73. The molecular weight excluding hydrogens is 544 g/mol. The fourth-order valence-electron chi connectivity index (χ4n) is 9.93. The van der Waals surface area contributed by atoms with Crippen LogP contribution in [0.15, 0.2) is 28.7 Å². The minimum absolute atomic E-state index is 0.00975. The number of aliphatic hydroxyl groups is 1. The van der Waals surface area contributed by atoms with Gasteiger partial charge in [-0.25, -0.2) is 0 Å². The number of rotatable bonds is 6. The summed E-state index contributed by atoms with van der Waals surface area (Å²) in [5.74, 6) is 0.906. The van der Waals surface area contributed by atoms with Gasteiger partial charge in [0.05, 0.1) is 18.0 Å². The molecule has 3 saturated carbocycles. The molecule has 1 aromatic rings. The molecule has 4 aliphatic carbocycles. The van der Waals surface area contributed by atoms with Crippen LogP contribution in [0.2, 0.25) is 0 Å². The Balaban J connectivity index is 1.36. The number of benzene rings is 1. The van der Waals surface area contributed by atoms with Crippen molar-refractivity contribution in [3.8, 4) is 0 Å². The second-order valence-electron chi connectivity index (χ2n) is 14.3. The van der Waals surface area contributed by atoms with E-state index in [1.54, 1.807) is 23.9 Å². The first-order valence-corrected chi connectivity index (χ1v) is 17.0. The third kappa shape index (κ3) is 4.07. The molecule has 5 nitrogen and oxygen atoms in total. The van der Waals surface area contributed by atoms with E-state index in [2.05, 4.69) is 55.4 Å². The molecule has 0 aromatic heterocycles. The van der Waals surface area contributed by atoms with Crippen LogP contribution < -0.4 is 0 Å². The van der Waals surface area contributed by atoms with E-state index in [1.807, 2.05) is 6.08 Å². The third-order valence-electron chi connectivity index (χ3n) is 12.5. The quantitative estimate of drug-likeness (QED) is 0.357. The highest BCUT2D eigenvalue weighted by Crippen LogP contribution is 2.70. The van der Waals surface area contributed by atoms with E-state index in [1.165, 1.54) is 32.7 Å². The van der Waals surface area contributed by atoms with Crippen LogP contribution in [0.3, 0.4) is 0 Å². The maximum atomic E-state index is 14.7. The summed E-state index contributed by atoms with van der Waals surface area (Å²) in [4.78, 5) is 28.1. The monoisotopic (exact) mass is 592 g/mol. The van der Waals surface area contributed by atoms with Gasteiger partial charge in [-0.05, 0) is 119 Å². The first-order valence-electron chi connectivity index (χ1n) is 16.0. The van der Waals surface area contributed by atoms with Gasteiger partial charge in [-0.2, -0.15) is 0 Å². The van der Waals surface area contributed by atoms with Crippen molar-refractivity contribution in [1.82, 2.24) is 0 Å². The molecule has 0 spiro atoms. The Labute approximate surface area is 255 Å². The second-order valence-corrected chi connectivity index (χ2v) is 15.3. The van der Waals surface area contributed by atoms with Gasteiger partial charge in [0.2, 0.25) is 0 Å². The van der Waals surface area contributed by atoms with Gasteiger partial charge in [0.15, 0.2) is 23.5 Å². The van der Waals surface area contributed by atoms with E-state index in [0.29, 0.717) is 12.2 Å². The summed E-state index contributed by atoms with van der Waals surface area (Å²) in [5, 5.41) is 12.0. The normalized spacial score (nSPS) is 40.3. The van der Waals surface area contributed by atoms with Gasteiger partial charge in [0, 0.05) is 21.6 Å². The van der Waals surface area contributed by atoms with Gasteiger partial charge in [-0.15, -0.1) is 11.8 Å². The van der Waals surface area contributed by atoms with E-state index in [0.717, 1.165) is 37.7 Å². The average molecular weight is 593 g/mol. The minimum atomic E-state index is -1.07. The first-order chi connectivity index (χ1) is 19.8. The van der Waals surface area contributed by atoms with Crippen LogP contribution in [0.25, 0.3) is 0 Å². The zero-order chi connectivity index (χ0) is 30.4. The number of carbonyl (C=O) groups excluding carboxylic acids is 2. The van der Waals surface area contributed by atoms with Gasteiger partial charge in [-0.1, -0.05) is 38.8 Å². The summed E-state index contributed by atoms with van der Waals surface area (Å²) in [5.41, 5.74) is 5.60. The lowest BCUT2D eigenvalue weighted by molar-refractivity contribution is -0.197. The fraction of sp³-hybridized carbons (Fsp3) is 0.667. The second kappa shape index (κ2) is 10.4. The Bertz CT molecular complexity index is 1360. The smallest absolute Gasteiger partial charge is 0.178 e. The van der Waals surface area contributed by atoms with Crippen molar-refractivity contribution < 1.29 is 24.2 Å². The van der Waals surface area contributed by atoms with Crippen LogP contribution in [-0.2, 0) is 19.1 Å². The number of Topliss-reactive ketones (excluding diaryl/α,β-unsaturated/α-hetero) is 1. The Morgan fingerprint density at radius 1 is 1.07 bits per heavy atom. The van der Waals surface area contributed by atoms with Gasteiger partial charge >= 0.3 is 0 Å². The zero-order valence-electron chi connectivity index (χ0n) is 26.6. The van der Waals surface area contributed by atoms with E-state index in [-0.39, 0.29) is 47.1 Å². The lowest BCUT2D eigenvalue weighted by Crippen LogP contribution is -2.63. The Morgan fingerprint density at radius 3 is 2.40 bits per heavy atom. The molecule has 0 bridgehead atoms. The van der Waals surface area contributed by atoms with Crippen molar-refractivity contribution >= 4 is 23.3 Å². The van der Waals surface area contributed by atoms with Crippen molar-refractivity contribution in [1.29, 1.82) is 0 Å². The number of fused-ring (bicyclic) bond motifs is 7. The van der Waals surface area contributed by atoms with Crippen molar-refractivity contribution in [3.63, 3.8) is 0 Å². The lowest BCUT2D eigenvalue weighted by Gasteiger charge is -2.59. The maximum absolute atomic E-state index is 14.7. The molecule has 1 aliphatic heterocycles. The van der Waals surface area contributed by atoms with Gasteiger partial charge < -0.3 is 14.6 Å². The number of ketones is 2. The predicted octanol–water partition coefficient (Wildman–Crippen LogP) is 7.06. The van der Waals surface area contributed by atoms with Gasteiger partial charge in [0.25, 0.3) is 0 Å². The molecule has 0 radical (unpaired) electrons. The molecule has 6 rings (SSSR count). The van der Waals surface area contributed by atoms with Crippen LogP contribution in [0.1, 0.15) is 87.1 Å². The molecule has 1 aromatic carbocycles. The van der Waals surface area contributed by atoms with Crippen molar-refractivity contribution in [2.24, 2.45) is 28.6 Å². The van der Waals surface area contributed by atoms with E-state index >= 15 is 0 Å². The molecule has 9 atom stereocenters.